The van der Waals surface area contributed by atoms with Crippen LogP contribution in [0.3, 0.4) is 0 Å². The van der Waals surface area contributed by atoms with E-state index in [2.05, 4.69) is 44.6 Å². The maximum absolute atomic E-state index is 6.41. The van der Waals surface area contributed by atoms with Gasteiger partial charge in [-0.05, 0) is 37.0 Å². The second kappa shape index (κ2) is 5.29. The first-order valence-corrected chi connectivity index (χ1v) is 7.34. The largest absolute Gasteiger partial charge is 0.244 e. The lowest BCUT2D eigenvalue weighted by molar-refractivity contribution is 0.559. The van der Waals surface area contributed by atoms with Crippen LogP contribution >= 0.6 is 11.6 Å². The average molecular weight is 308 g/mol. The van der Waals surface area contributed by atoms with Crippen LogP contribution in [-0.4, -0.2) is 25.2 Å². The molecule has 0 amide bonds. The highest BCUT2D eigenvalue weighted by Crippen LogP contribution is 2.32. The van der Waals surface area contributed by atoms with E-state index in [0.717, 1.165) is 18.0 Å². The van der Waals surface area contributed by atoms with Crippen molar-refractivity contribution in [1.82, 2.24) is 25.2 Å². The second-order valence-electron chi connectivity index (χ2n) is 5.25. The molecule has 0 unspecified atom stereocenters. The molecule has 6 heteroatoms. The van der Waals surface area contributed by atoms with E-state index < -0.39 is 0 Å². The topological polar surface area (TPSA) is 56.5 Å². The Morgan fingerprint density at radius 2 is 2.23 bits per heavy atom. The molecule has 0 spiro atoms. The minimum atomic E-state index is 0.526. The summed E-state index contributed by atoms with van der Waals surface area (Å²) in [4.78, 5) is 0. The van der Waals surface area contributed by atoms with Gasteiger partial charge < -0.3 is 0 Å². The molecule has 0 radical (unpaired) electrons. The van der Waals surface area contributed by atoms with E-state index in [1.165, 1.54) is 19.0 Å². The van der Waals surface area contributed by atoms with Gasteiger partial charge in [-0.2, -0.15) is 0 Å². The van der Waals surface area contributed by atoms with E-state index in [1.54, 1.807) is 0 Å². The Kier molecular flexibility index (Phi) is 3.14. The monoisotopic (exact) mass is 307 g/mol. The van der Waals surface area contributed by atoms with Gasteiger partial charge in [0.15, 0.2) is 0 Å². The van der Waals surface area contributed by atoms with E-state index in [4.69, 9.17) is 11.6 Å². The van der Waals surface area contributed by atoms with Gasteiger partial charge >= 0.3 is 0 Å². The molecule has 0 aliphatic heterocycles. The fraction of sp³-hybridized carbons (Fsp3) is 0.250. The van der Waals surface area contributed by atoms with Crippen LogP contribution in [0, 0.1) is 30.0 Å². The Morgan fingerprint density at radius 3 is 3.00 bits per heavy atom. The highest BCUT2D eigenvalue weighted by Gasteiger charge is 2.23. The van der Waals surface area contributed by atoms with Crippen LogP contribution in [0.2, 0.25) is 5.02 Å². The Hall–Kier alpha value is -2.63. The first kappa shape index (κ1) is 13.1. The molecule has 5 nitrogen and oxygen atoms in total. The summed E-state index contributed by atoms with van der Waals surface area (Å²) < 4.78 is 1.92. The highest BCUT2D eigenvalue weighted by molar-refractivity contribution is 6.36. The van der Waals surface area contributed by atoms with Crippen molar-refractivity contribution in [3.05, 3.63) is 46.7 Å². The Morgan fingerprint density at radius 1 is 1.32 bits per heavy atom. The standard InChI is InChI=1S/C16H10ClN5/c17-15-13(4-3-11-7-8-18-19-9-11)5-6-14-16(15)20-21-22(14)10-12-1-2-12/h5-6,9,12H,1-2,10H2. The molecule has 1 aliphatic rings. The number of nitrogens with zero attached hydrogens (tertiary/aromatic N) is 5. The third kappa shape index (κ3) is 2.47. The predicted molar refractivity (Wildman–Crippen MR) is 80.9 cm³/mol. The molecule has 0 atom stereocenters. The number of aromatic nitrogens is 5. The molecule has 2 aromatic heterocycles. The van der Waals surface area contributed by atoms with Crippen molar-refractivity contribution in [1.29, 1.82) is 0 Å². The smallest absolute Gasteiger partial charge is 0.133 e. The lowest BCUT2D eigenvalue weighted by Crippen LogP contribution is -2.01. The summed E-state index contributed by atoms with van der Waals surface area (Å²) in [5.74, 6) is 6.67. The molecule has 0 saturated heterocycles. The van der Waals surface area contributed by atoms with E-state index in [9.17, 15) is 0 Å². The number of fused-ring (bicyclic) bond motifs is 1. The number of benzene rings is 1. The van der Waals surface area contributed by atoms with Gasteiger partial charge in [0.25, 0.3) is 0 Å². The maximum Gasteiger partial charge on any atom is 0.133 e. The molecule has 2 heterocycles. The minimum Gasteiger partial charge on any atom is -0.244 e. The van der Waals surface area contributed by atoms with Crippen LogP contribution in [-0.2, 0) is 6.54 Å². The first-order chi connectivity index (χ1) is 10.8. The van der Waals surface area contributed by atoms with Gasteiger partial charge in [0.05, 0.1) is 28.5 Å². The van der Waals surface area contributed by atoms with Crippen LogP contribution in [0.4, 0.5) is 0 Å². The van der Waals surface area contributed by atoms with Gasteiger partial charge in [-0.1, -0.05) is 33.8 Å². The van der Waals surface area contributed by atoms with Gasteiger partial charge in [0.1, 0.15) is 5.52 Å². The van der Waals surface area contributed by atoms with Crippen molar-refractivity contribution >= 4 is 22.6 Å². The summed E-state index contributed by atoms with van der Waals surface area (Å²) >= 11 is 6.41. The molecule has 1 fully saturated rings. The molecule has 0 N–H and O–H groups in total. The lowest BCUT2D eigenvalue weighted by atomic mass is 10.2. The number of hydrogen-bond donors (Lipinski definition) is 0. The Bertz CT molecular complexity index is 887. The van der Waals surface area contributed by atoms with Crippen molar-refractivity contribution in [2.24, 2.45) is 5.92 Å². The lowest BCUT2D eigenvalue weighted by Gasteiger charge is -2.01. The molecule has 4 rings (SSSR count). The zero-order chi connectivity index (χ0) is 14.9. The van der Waals surface area contributed by atoms with E-state index in [0.29, 0.717) is 21.7 Å². The minimum absolute atomic E-state index is 0.526. The molecular formula is C16H10ClN5. The van der Waals surface area contributed by atoms with E-state index in [-0.39, 0.29) is 0 Å². The fourth-order valence-electron chi connectivity index (χ4n) is 2.21. The third-order valence-electron chi connectivity index (χ3n) is 3.57. The zero-order valence-electron chi connectivity index (χ0n) is 11.5. The summed E-state index contributed by atoms with van der Waals surface area (Å²) in [5, 5.41) is 16.2. The summed E-state index contributed by atoms with van der Waals surface area (Å²) in [5.41, 5.74) is 2.96. The molecule has 3 aromatic rings. The molecule has 1 aliphatic carbocycles. The average Bonchev–Trinajstić information content (AvgIpc) is 3.27. The maximum atomic E-state index is 6.41. The highest BCUT2D eigenvalue weighted by atomic mass is 35.5. The Balaban J connectivity index is 1.71. The van der Waals surface area contributed by atoms with Gasteiger partial charge in [-0.25, -0.2) is 4.68 Å². The van der Waals surface area contributed by atoms with Crippen molar-refractivity contribution in [2.45, 2.75) is 19.4 Å². The predicted octanol–water partition coefficient (Wildman–Crippen LogP) is 2.28. The summed E-state index contributed by atoms with van der Waals surface area (Å²) in [6.45, 7) is 0.908. The molecule has 106 valence electrons. The zero-order valence-corrected chi connectivity index (χ0v) is 12.3. The van der Waals surface area contributed by atoms with Gasteiger partial charge in [-0.15, -0.1) is 10.2 Å². The third-order valence-corrected chi connectivity index (χ3v) is 3.95. The fourth-order valence-corrected chi connectivity index (χ4v) is 2.46. The second-order valence-corrected chi connectivity index (χ2v) is 5.63. The van der Waals surface area contributed by atoms with Crippen molar-refractivity contribution < 1.29 is 0 Å². The van der Waals surface area contributed by atoms with Gasteiger partial charge in [0.2, 0.25) is 0 Å². The SMILES string of the molecule is Clc1c(C#Cc2c#cnnc2)ccc2c1nnn2CC1CC1. The van der Waals surface area contributed by atoms with Crippen LogP contribution < -0.4 is 0 Å². The van der Waals surface area contributed by atoms with Crippen molar-refractivity contribution in [3.8, 4) is 11.8 Å². The van der Waals surface area contributed by atoms with Crippen molar-refractivity contribution in [2.75, 3.05) is 0 Å². The van der Waals surface area contributed by atoms with Gasteiger partial charge in [0, 0.05) is 12.1 Å². The number of halogens is 1. The molecule has 22 heavy (non-hydrogen) atoms. The molecule has 1 saturated carbocycles. The van der Waals surface area contributed by atoms with Crippen molar-refractivity contribution in [3.63, 3.8) is 0 Å². The number of rotatable bonds is 2. The summed E-state index contributed by atoms with van der Waals surface area (Å²) in [6, 6.07) is 6.64. The first-order valence-electron chi connectivity index (χ1n) is 6.96. The normalized spacial score (nSPS) is 13.5. The van der Waals surface area contributed by atoms with Crippen LogP contribution in [0.5, 0.6) is 0 Å². The molecule has 0 bridgehead atoms. The molecule has 1 aromatic carbocycles. The quantitative estimate of drug-likeness (QED) is 0.682. The van der Waals surface area contributed by atoms with E-state index >= 15 is 0 Å². The van der Waals surface area contributed by atoms with Crippen LogP contribution in [0.1, 0.15) is 24.0 Å². The summed E-state index contributed by atoms with van der Waals surface area (Å²) in [6.07, 6.45) is 6.59. The van der Waals surface area contributed by atoms with Crippen LogP contribution in [0.25, 0.3) is 11.0 Å². The van der Waals surface area contributed by atoms with E-state index in [1.807, 2.05) is 16.8 Å². The molecular weight excluding hydrogens is 298 g/mol. The Labute approximate surface area is 132 Å². The summed E-state index contributed by atoms with van der Waals surface area (Å²) in [7, 11) is 0. The number of hydrogen-bond acceptors (Lipinski definition) is 4. The van der Waals surface area contributed by atoms with Crippen LogP contribution in [0.15, 0.2) is 18.3 Å². The van der Waals surface area contributed by atoms with Gasteiger partial charge in [-0.3, -0.25) is 0 Å².